The highest BCUT2D eigenvalue weighted by Crippen LogP contribution is 2.25. The molecule has 2 aromatic carbocycles. The van der Waals surface area contributed by atoms with E-state index in [1.165, 1.54) is 5.39 Å². The molecule has 18 heavy (non-hydrogen) atoms. The van der Waals surface area contributed by atoms with E-state index in [4.69, 9.17) is 10.00 Å². The van der Waals surface area contributed by atoms with Crippen molar-refractivity contribution in [2.45, 2.75) is 6.42 Å². The monoisotopic (exact) mass is 240 g/mol. The number of anilines is 1. The van der Waals surface area contributed by atoms with E-state index in [1.807, 2.05) is 19.2 Å². The lowest BCUT2D eigenvalue weighted by atomic mass is 10.1. The van der Waals surface area contributed by atoms with Gasteiger partial charge < -0.3 is 9.64 Å². The molecule has 3 heteroatoms. The maximum atomic E-state index is 8.60. The van der Waals surface area contributed by atoms with Crippen molar-refractivity contribution in [1.29, 1.82) is 5.26 Å². The van der Waals surface area contributed by atoms with Crippen LogP contribution in [0.3, 0.4) is 0 Å². The number of hydrogen-bond acceptors (Lipinski definition) is 3. The topological polar surface area (TPSA) is 36.3 Å². The summed E-state index contributed by atoms with van der Waals surface area (Å²) in [5, 5.41) is 10.9. The second-order valence-electron chi connectivity index (χ2n) is 4.23. The van der Waals surface area contributed by atoms with Crippen molar-refractivity contribution in [2.75, 3.05) is 25.6 Å². The van der Waals surface area contributed by atoms with Crippen LogP contribution >= 0.6 is 0 Å². The number of fused-ring (bicyclic) bond motifs is 1. The number of nitrogens with zero attached hydrogens (tertiary/aromatic N) is 2. The highest BCUT2D eigenvalue weighted by Gasteiger charge is 2.02. The maximum Gasteiger partial charge on any atom is 0.119 e. The van der Waals surface area contributed by atoms with E-state index in [0.29, 0.717) is 6.42 Å². The van der Waals surface area contributed by atoms with E-state index in [9.17, 15) is 0 Å². The fraction of sp³-hybridized carbons (Fsp3) is 0.267. The Labute approximate surface area is 107 Å². The molecule has 2 aromatic rings. The molecule has 0 radical (unpaired) electrons. The lowest BCUT2D eigenvalue weighted by Crippen LogP contribution is -2.17. The molecule has 0 aliphatic rings. The fourth-order valence-corrected chi connectivity index (χ4v) is 1.92. The Bertz CT molecular complexity index is 587. The van der Waals surface area contributed by atoms with Crippen molar-refractivity contribution in [2.24, 2.45) is 0 Å². The summed E-state index contributed by atoms with van der Waals surface area (Å²) in [6, 6.07) is 14.5. The molecule has 92 valence electrons. The Morgan fingerprint density at radius 3 is 2.61 bits per heavy atom. The summed E-state index contributed by atoms with van der Waals surface area (Å²) in [7, 11) is 3.67. The predicted octanol–water partition coefficient (Wildman–Crippen LogP) is 3.20. The van der Waals surface area contributed by atoms with Crippen molar-refractivity contribution >= 4 is 16.5 Å². The van der Waals surface area contributed by atoms with Gasteiger partial charge in [0.15, 0.2) is 0 Å². The number of ether oxygens (including phenoxy) is 1. The van der Waals surface area contributed by atoms with Crippen LogP contribution in [0, 0.1) is 11.3 Å². The van der Waals surface area contributed by atoms with Gasteiger partial charge in [0.2, 0.25) is 0 Å². The molecule has 0 atom stereocenters. The number of benzene rings is 2. The minimum atomic E-state index is 0.539. The number of hydrogen-bond donors (Lipinski definition) is 0. The van der Waals surface area contributed by atoms with Crippen LogP contribution in [0.25, 0.3) is 10.8 Å². The van der Waals surface area contributed by atoms with Crippen LogP contribution in [-0.2, 0) is 0 Å². The van der Waals surface area contributed by atoms with E-state index in [1.54, 1.807) is 7.11 Å². The molecule has 0 aliphatic heterocycles. The minimum Gasteiger partial charge on any atom is -0.497 e. The summed E-state index contributed by atoms with van der Waals surface area (Å²) in [4.78, 5) is 2.09. The van der Waals surface area contributed by atoms with Crippen LogP contribution in [0.4, 0.5) is 5.69 Å². The summed E-state index contributed by atoms with van der Waals surface area (Å²) in [5.74, 6) is 0.869. The van der Waals surface area contributed by atoms with Gasteiger partial charge in [0.05, 0.1) is 19.6 Å². The van der Waals surface area contributed by atoms with Gasteiger partial charge in [-0.2, -0.15) is 5.26 Å². The molecule has 2 rings (SSSR count). The van der Waals surface area contributed by atoms with Gasteiger partial charge in [-0.25, -0.2) is 0 Å². The third-order valence-electron chi connectivity index (χ3n) is 3.03. The van der Waals surface area contributed by atoms with Crippen molar-refractivity contribution in [3.63, 3.8) is 0 Å². The van der Waals surface area contributed by atoms with Gasteiger partial charge in [-0.3, -0.25) is 0 Å². The van der Waals surface area contributed by atoms with Crippen molar-refractivity contribution < 1.29 is 4.74 Å². The summed E-state index contributed by atoms with van der Waals surface area (Å²) in [6.45, 7) is 0.748. The molecular formula is C15H16N2O. The summed E-state index contributed by atoms with van der Waals surface area (Å²) >= 11 is 0. The zero-order valence-electron chi connectivity index (χ0n) is 10.7. The molecule has 0 heterocycles. The normalized spacial score (nSPS) is 10.1. The molecule has 0 saturated heterocycles. The largest absolute Gasteiger partial charge is 0.497 e. The molecule has 0 saturated carbocycles. The van der Waals surface area contributed by atoms with Crippen molar-refractivity contribution in [1.82, 2.24) is 0 Å². The maximum absolute atomic E-state index is 8.60. The van der Waals surface area contributed by atoms with Gasteiger partial charge in [-0.1, -0.05) is 12.1 Å². The van der Waals surface area contributed by atoms with Crippen LogP contribution < -0.4 is 9.64 Å². The van der Waals surface area contributed by atoms with Crippen LogP contribution in [0.2, 0.25) is 0 Å². The second kappa shape index (κ2) is 5.42. The summed E-state index contributed by atoms with van der Waals surface area (Å²) in [6.07, 6.45) is 0.539. The highest BCUT2D eigenvalue weighted by atomic mass is 16.5. The first kappa shape index (κ1) is 12.3. The van der Waals surface area contributed by atoms with Crippen LogP contribution in [0.1, 0.15) is 6.42 Å². The van der Waals surface area contributed by atoms with Gasteiger partial charge in [0, 0.05) is 19.3 Å². The lowest BCUT2D eigenvalue weighted by molar-refractivity contribution is 0.415. The Kier molecular flexibility index (Phi) is 3.69. The molecule has 0 spiro atoms. The van der Waals surface area contributed by atoms with E-state index < -0.39 is 0 Å². The quantitative estimate of drug-likeness (QED) is 0.823. The Balaban J connectivity index is 2.30. The van der Waals surface area contributed by atoms with E-state index in [2.05, 4.69) is 35.2 Å². The van der Waals surface area contributed by atoms with Crippen LogP contribution in [0.15, 0.2) is 36.4 Å². The Morgan fingerprint density at radius 2 is 1.89 bits per heavy atom. The second-order valence-corrected chi connectivity index (χ2v) is 4.23. The van der Waals surface area contributed by atoms with Gasteiger partial charge in [0.25, 0.3) is 0 Å². The van der Waals surface area contributed by atoms with E-state index in [-0.39, 0.29) is 0 Å². The zero-order chi connectivity index (χ0) is 13.0. The third-order valence-corrected chi connectivity index (χ3v) is 3.03. The molecule has 0 fully saturated rings. The molecule has 0 N–H and O–H groups in total. The average Bonchev–Trinajstić information content (AvgIpc) is 2.43. The lowest BCUT2D eigenvalue weighted by Gasteiger charge is -2.18. The Hall–Kier alpha value is -2.21. The van der Waals surface area contributed by atoms with Gasteiger partial charge in [0.1, 0.15) is 5.75 Å². The van der Waals surface area contributed by atoms with Crippen LogP contribution in [-0.4, -0.2) is 20.7 Å². The minimum absolute atomic E-state index is 0.539. The molecule has 0 amide bonds. The first-order chi connectivity index (χ1) is 8.74. The first-order valence-electron chi connectivity index (χ1n) is 5.90. The van der Waals surface area contributed by atoms with Crippen molar-refractivity contribution in [3.05, 3.63) is 36.4 Å². The molecule has 3 nitrogen and oxygen atoms in total. The van der Waals surface area contributed by atoms with E-state index in [0.717, 1.165) is 23.4 Å². The Morgan fingerprint density at radius 1 is 1.17 bits per heavy atom. The van der Waals surface area contributed by atoms with E-state index >= 15 is 0 Å². The van der Waals surface area contributed by atoms with Gasteiger partial charge >= 0.3 is 0 Å². The molecule has 0 unspecified atom stereocenters. The molecule has 0 bridgehead atoms. The summed E-state index contributed by atoms with van der Waals surface area (Å²) in [5.41, 5.74) is 1.13. The fourth-order valence-electron chi connectivity index (χ4n) is 1.92. The standard InChI is InChI=1S/C15H16N2O/c1-17(9-3-8-16)14-6-4-13-11-15(18-2)7-5-12(13)10-14/h4-7,10-11H,3,9H2,1-2H3. The number of methoxy groups -OCH3 is 1. The first-order valence-corrected chi connectivity index (χ1v) is 5.90. The molecule has 0 aliphatic carbocycles. The number of rotatable bonds is 4. The predicted molar refractivity (Wildman–Crippen MR) is 74.0 cm³/mol. The van der Waals surface area contributed by atoms with Gasteiger partial charge in [-0.05, 0) is 35.0 Å². The number of nitriles is 1. The van der Waals surface area contributed by atoms with Gasteiger partial charge in [-0.15, -0.1) is 0 Å². The SMILES string of the molecule is COc1ccc2cc(N(C)CCC#N)ccc2c1. The summed E-state index contributed by atoms with van der Waals surface area (Å²) < 4.78 is 5.21. The van der Waals surface area contributed by atoms with Crippen molar-refractivity contribution in [3.8, 4) is 11.8 Å². The average molecular weight is 240 g/mol. The third kappa shape index (κ3) is 2.54. The molecule has 0 aromatic heterocycles. The molecular weight excluding hydrogens is 224 g/mol. The highest BCUT2D eigenvalue weighted by molar-refractivity contribution is 5.87. The zero-order valence-corrected chi connectivity index (χ0v) is 10.7. The van der Waals surface area contributed by atoms with Crippen LogP contribution in [0.5, 0.6) is 5.75 Å². The smallest absolute Gasteiger partial charge is 0.119 e.